The lowest BCUT2D eigenvalue weighted by Crippen LogP contribution is -2.12. The number of hydrogen-bond donors (Lipinski definition) is 1. The molecule has 0 aliphatic rings. The monoisotopic (exact) mass is 312 g/mol. The van der Waals surface area contributed by atoms with Crippen LogP contribution in [0.5, 0.6) is 5.75 Å². The van der Waals surface area contributed by atoms with Crippen LogP contribution in [0.4, 0.5) is 5.13 Å². The van der Waals surface area contributed by atoms with Gasteiger partial charge in [-0.15, -0.1) is 11.3 Å². The number of anilines is 1. The highest BCUT2D eigenvalue weighted by Crippen LogP contribution is 2.20. The molecule has 1 aromatic carbocycles. The van der Waals surface area contributed by atoms with Gasteiger partial charge in [0, 0.05) is 11.6 Å². The number of nitrogens with one attached hydrogen (secondary N) is 1. The van der Waals surface area contributed by atoms with E-state index in [1.165, 1.54) is 23.5 Å². The Morgan fingerprint density at radius 1 is 1.30 bits per heavy atom. The molecule has 0 saturated heterocycles. The molecule has 0 bridgehead atoms. The molecule has 108 valence electrons. The lowest BCUT2D eigenvalue weighted by atomic mass is 10.2. The maximum Gasteiger partial charge on any atom is 0.263 e. The van der Waals surface area contributed by atoms with Gasteiger partial charge in [-0.3, -0.25) is 4.72 Å². The molecule has 0 radical (unpaired) electrons. The molecule has 0 fully saturated rings. The maximum absolute atomic E-state index is 12.1. The summed E-state index contributed by atoms with van der Waals surface area (Å²) in [6, 6.07) is 6.34. The highest BCUT2D eigenvalue weighted by molar-refractivity contribution is 7.93. The van der Waals surface area contributed by atoms with E-state index in [1.807, 2.05) is 0 Å². The molecule has 1 heterocycles. The fraction of sp³-hybridized carbons (Fsp3) is 0.308. The number of benzene rings is 1. The topological polar surface area (TPSA) is 68.3 Å². The summed E-state index contributed by atoms with van der Waals surface area (Å²) in [5, 5.41) is 2.06. The molecule has 1 N–H and O–H groups in total. The minimum Gasteiger partial charge on any atom is -0.493 e. The van der Waals surface area contributed by atoms with Gasteiger partial charge in [-0.05, 0) is 30.2 Å². The summed E-state index contributed by atoms with van der Waals surface area (Å²) in [5.74, 6) is 1.08. The van der Waals surface area contributed by atoms with Crippen LogP contribution in [0.2, 0.25) is 0 Å². The molecule has 5 nitrogen and oxygen atoms in total. The summed E-state index contributed by atoms with van der Waals surface area (Å²) < 4.78 is 32.1. The Balaban J connectivity index is 2.08. The van der Waals surface area contributed by atoms with Crippen LogP contribution in [0.15, 0.2) is 40.7 Å². The number of sulfonamides is 1. The molecule has 20 heavy (non-hydrogen) atoms. The summed E-state index contributed by atoms with van der Waals surface area (Å²) in [5.41, 5.74) is 0. The van der Waals surface area contributed by atoms with Gasteiger partial charge in [-0.2, -0.15) is 0 Å². The molecule has 1 aromatic heterocycles. The van der Waals surface area contributed by atoms with Gasteiger partial charge < -0.3 is 4.74 Å². The van der Waals surface area contributed by atoms with Crippen LogP contribution < -0.4 is 9.46 Å². The maximum atomic E-state index is 12.1. The van der Waals surface area contributed by atoms with Gasteiger partial charge in [0.25, 0.3) is 10.0 Å². The smallest absolute Gasteiger partial charge is 0.263 e. The Bertz CT molecular complexity index is 635. The minimum absolute atomic E-state index is 0.185. The summed E-state index contributed by atoms with van der Waals surface area (Å²) >= 11 is 1.23. The first-order valence-electron chi connectivity index (χ1n) is 6.12. The van der Waals surface area contributed by atoms with Crippen molar-refractivity contribution in [2.45, 2.75) is 18.7 Å². The van der Waals surface area contributed by atoms with E-state index in [0.717, 1.165) is 0 Å². The van der Waals surface area contributed by atoms with Gasteiger partial charge >= 0.3 is 0 Å². The Morgan fingerprint density at radius 2 is 2.00 bits per heavy atom. The van der Waals surface area contributed by atoms with Crippen LogP contribution in [-0.4, -0.2) is 20.0 Å². The zero-order valence-electron chi connectivity index (χ0n) is 11.2. The van der Waals surface area contributed by atoms with Crippen LogP contribution in [0.3, 0.4) is 0 Å². The Hall–Kier alpha value is -1.60. The Labute approximate surface area is 122 Å². The third-order valence-electron chi connectivity index (χ3n) is 2.37. The van der Waals surface area contributed by atoms with Crippen molar-refractivity contribution in [2.24, 2.45) is 5.92 Å². The molecule has 0 amide bonds. The summed E-state index contributed by atoms with van der Waals surface area (Å²) in [6.07, 6.45) is 1.55. The van der Waals surface area contributed by atoms with E-state index in [2.05, 4.69) is 23.6 Å². The molecular weight excluding hydrogens is 296 g/mol. The van der Waals surface area contributed by atoms with Crippen LogP contribution in [0.1, 0.15) is 13.8 Å². The second kappa shape index (κ2) is 6.23. The van der Waals surface area contributed by atoms with Gasteiger partial charge in [-0.1, -0.05) is 13.8 Å². The first kappa shape index (κ1) is 14.8. The largest absolute Gasteiger partial charge is 0.493 e. The molecule has 2 rings (SSSR count). The molecule has 0 atom stereocenters. The average molecular weight is 312 g/mol. The minimum atomic E-state index is -3.59. The van der Waals surface area contributed by atoms with Gasteiger partial charge in [0.1, 0.15) is 5.75 Å². The third kappa shape index (κ3) is 3.94. The van der Waals surface area contributed by atoms with Crippen LogP contribution in [-0.2, 0) is 10.0 Å². The number of aromatic nitrogens is 1. The van der Waals surface area contributed by atoms with Crippen LogP contribution in [0, 0.1) is 5.92 Å². The predicted molar refractivity (Wildman–Crippen MR) is 79.7 cm³/mol. The molecular formula is C13H16N2O3S2. The molecule has 0 spiro atoms. The zero-order valence-corrected chi connectivity index (χ0v) is 12.9. The van der Waals surface area contributed by atoms with Crippen molar-refractivity contribution in [2.75, 3.05) is 11.3 Å². The fourth-order valence-electron chi connectivity index (χ4n) is 1.43. The Kier molecular flexibility index (Phi) is 4.61. The van der Waals surface area contributed by atoms with Gasteiger partial charge in [0.05, 0.1) is 11.5 Å². The van der Waals surface area contributed by atoms with Crippen LogP contribution in [0.25, 0.3) is 0 Å². The molecule has 0 saturated carbocycles. The lowest BCUT2D eigenvalue weighted by Gasteiger charge is -2.09. The summed E-state index contributed by atoms with van der Waals surface area (Å²) in [6.45, 7) is 4.71. The fourth-order valence-corrected chi connectivity index (χ4v) is 3.21. The lowest BCUT2D eigenvalue weighted by molar-refractivity contribution is 0.271. The highest BCUT2D eigenvalue weighted by Gasteiger charge is 2.15. The SMILES string of the molecule is CC(C)COc1ccc(S(=O)(=O)Nc2nccs2)cc1. The van der Waals surface area contributed by atoms with Crippen molar-refractivity contribution in [3.63, 3.8) is 0 Å². The summed E-state index contributed by atoms with van der Waals surface area (Å²) in [4.78, 5) is 4.08. The molecule has 0 aliphatic carbocycles. The molecule has 0 unspecified atom stereocenters. The van der Waals surface area contributed by atoms with Crippen LogP contribution >= 0.6 is 11.3 Å². The van der Waals surface area contributed by atoms with E-state index in [4.69, 9.17) is 4.74 Å². The second-order valence-electron chi connectivity index (χ2n) is 4.62. The molecule has 7 heteroatoms. The first-order valence-corrected chi connectivity index (χ1v) is 8.49. The quantitative estimate of drug-likeness (QED) is 0.890. The number of nitrogens with zero attached hydrogens (tertiary/aromatic N) is 1. The van der Waals surface area contributed by atoms with E-state index < -0.39 is 10.0 Å². The van der Waals surface area contributed by atoms with Crippen molar-refractivity contribution in [1.29, 1.82) is 0 Å². The standard InChI is InChI=1S/C13H16N2O3S2/c1-10(2)9-18-11-3-5-12(6-4-11)20(16,17)15-13-14-7-8-19-13/h3-8,10H,9H2,1-2H3,(H,14,15). The molecule has 2 aromatic rings. The second-order valence-corrected chi connectivity index (χ2v) is 7.20. The zero-order chi connectivity index (χ0) is 14.6. The van der Waals surface area contributed by atoms with E-state index in [-0.39, 0.29) is 4.90 Å². The van der Waals surface area contributed by atoms with E-state index >= 15 is 0 Å². The average Bonchev–Trinajstić information content (AvgIpc) is 2.89. The normalized spacial score (nSPS) is 11.6. The van der Waals surface area contributed by atoms with Crippen molar-refractivity contribution in [3.05, 3.63) is 35.8 Å². The number of hydrogen-bond acceptors (Lipinski definition) is 5. The first-order chi connectivity index (χ1) is 9.47. The van der Waals surface area contributed by atoms with Crippen molar-refractivity contribution < 1.29 is 13.2 Å². The highest BCUT2D eigenvalue weighted by atomic mass is 32.2. The van der Waals surface area contributed by atoms with Crippen molar-refractivity contribution >= 4 is 26.5 Å². The van der Waals surface area contributed by atoms with E-state index in [1.54, 1.807) is 23.7 Å². The number of thiazole rings is 1. The van der Waals surface area contributed by atoms with E-state index in [0.29, 0.717) is 23.4 Å². The number of ether oxygens (including phenoxy) is 1. The predicted octanol–water partition coefficient (Wildman–Crippen LogP) is 2.98. The third-order valence-corrected chi connectivity index (χ3v) is 4.54. The number of rotatable bonds is 6. The van der Waals surface area contributed by atoms with Gasteiger partial charge in [0.15, 0.2) is 5.13 Å². The van der Waals surface area contributed by atoms with Crippen molar-refractivity contribution in [1.82, 2.24) is 4.98 Å². The molecule has 0 aliphatic heterocycles. The van der Waals surface area contributed by atoms with Gasteiger partial charge in [-0.25, -0.2) is 13.4 Å². The summed E-state index contributed by atoms with van der Waals surface area (Å²) in [7, 11) is -3.59. The Morgan fingerprint density at radius 3 is 2.55 bits per heavy atom. The van der Waals surface area contributed by atoms with E-state index in [9.17, 15) is 8.42 Å². The van der Waals surface area contributed by atoms with Crippen molar-refractivity contribution in [3.8, 4) is 5.75 Å². The van der Waals surface area contributed by atoms with Gasteiger partial charge in [0.2, 0.25) is 0 Å².